The van der Waals surface area contributed by atoms with Gasteiger partial charge in [0.2, 0.25) is 5.91 Å². The molecule has 0 saturated heterocycles. The summed E-state index contributed by atoms with van der Waals surface area (Å²) in [5.41, 5.74) is 6.90. The summed E-state index contributed by atoms with van der Waals surface area (Å²) in [6.45, 7) is 11.5. The van der Waals surface area contributed by atoms with Crippen LogP contribution >= 0.6 is 0 Å². The van der Waals surface area contributed by atoms with Gasteiger partial charge in [0.25, 0.3) is 0 Å². The molecule has 0 fully saturated rings. The van der Waals surface area contributed by atoms with Crippen molar-refractivity contribution < 1.29 is 34.1 Å². The van der Waals surface area contributed by atoms with E-state index in [4.69, 9.17) is 10.8 Å². The number of carboxylic acids is 1. The van der Waals surface area contributed by atoms with Crippen LogP contribution in [0, 0.1) is 11.8 Å². The number of ether oxygens (including phenoxy) is 1. The van der Waals surface area contributed by atoms with Crippen molar-refractivity contribution in [1.82, 2.24) is 5.32 Å². The highest BCUT2D eigenvalue weighted by Crippen LogP contribution is 2.21. The molecule has 0 rings (SSSR count). The third-order valence-corrected chi connectivity index (χ3v) is 5.63. The van der Waals surface area contributed by atoms with Crippen LogP contribution in [0.15, 0.2) is 48.1 Å². The number of amides is 2. The molecule has 9 heteroatoms. The molecule has 0 aromatic rings. The molecule has 0 radical (unpaired) electrons. The SMILES string of the molecule is C=C(CC/C=C\C=C\CC(C)CC(=O)CC(O)CNC(=O)CC(C)OC(N)=O)CC(C)C/C(C)=C/C(=O)O. The summed E-state index contributed by atoms with van der Waals surface area (Å²) < 4.78 is 4.67. The third-order valence-electron chi connectivity index (χ3n) is 5.63. The number of nitrogens with two attached hydrogens (primary N) is 1. The molecule has 0 spiro atoms. The van der Waals surface area contributed by atoms with E-state index in [0.717, 1.165) is 43.3 Å². The van der Waals surface area contributed by atoms with Crippen LogP contribution in [0.1, 0.15) is 79.1 Å². The Morgan fingerprint density at radius 2 is 1.63 bits per heavy atom. The molecule has 0 aromatic carbocycles. The maximum atomic E-state index is 12.2. The molecule has 214 valence electrons. The van der Waals surface area contributed by atoms with Crippen LogP contribution in [0.3, 0.4) is 0 Å². The lowest BCUT2D eigenvalue weighted by Crippen LogP contribution is -2.35. The number of carboxylic acid groups (broad SMARTS) is 1. The number of aliphatic hydroxyl groups is 1. The number of primary amides is 1. The van der Waals surface area contributed by atoms with Crippen molar-refractivity contribution in [3.8, 4) is 0 Å². The Morgan fingerprint density at radius 1 is 0.974 bits per heavy atom. The molecular weight excluding hydrogens is 488 g/mol. The number of nitrogens with one attached hydrogen (secondary N) is 1. The molecular formula is C29H46N2O7. The number of hydrogen-bond donors (Lipinski definition) is 4. The van der Waals surface area contributed by atoms with Crippen molar-refractivity contribution in [2.24, 2.45) is 17.6 Å². The van der Waals surface area contributed by atoms with Crippen LogP contribution in [0.25, 0.3) is 0 Å². The zero-order valence-electron chi connectivity index (χ0n) is 23.3. The number of Topliss-reactive ketones (excluding diaryl/α,β-unsaturated/α-hetero) is 1. The van der Waals surface area contributed by atoms with Crippen LogP contribution < -0.4 is 11.1 Å². The van der Waals surface area contributed by atoms with E-state index in [0.29, 0.717) is 12.3 Å². The van der Waals surface area contributed by atoms with Crippen LogP contribution in [-0.2, 0) is 19.1 Å². The van der Waals surface area contributed by atoms with Crippen molar-refractivity contribution >= 4 is 23.8 Å². The Hall–Kier alpha value is -3.20. The minimum absolute atomic E-state index is 0.0422. The van der Waals surface area contributed by atoms with E-state index in [9.17, 15) is 24.3 Å². The van der Waals surface area contributed by atoms with Crippen LogP contribution in [0.5, 0.6) is 0 Å². The highest BCUT2D eigenvalue weighted by atomic mass is 16.6. The molecule has 0 aliphatic carbocycles. The number of aliphatic hydroxyl groups excluding tert-OH is 1. The molecule has 4 unspecified atom stereocenters. The summed E-state index contributed by atoms with van der Waals surface area (Å²) in [6, 6.07) is 0. The Kier molecular flexibility index (Phi) is 18.2. The number of carbonyl (C=O) groups excluding carboxylic acids is 3. The fourth-order valence-electron chi connectivity index (χ4n) is 4.03. The van der Waals surface area contributed by atoms with E-state index in [2.05, 4.69) is 29.6 Å². The zero-order valence-corrected chi connectivity index (χ0v) is 23.3. The number of aliphatic carboxylic acids is 1. The largest absolute Gasteiger partial charge is 0.478 e. The van der Waals surface area contributed by atoms with Crippen LogP contribution in [0.4, 0.5) is 4.79 Å². The van der Waals surface area contributed by atoms with Gasteiger partial charge in [-0.25, -0.2) is 9.59 Å². The fraction of sp³-hybridized carbons (Fsp3) is 0.586. The molecule has 9 nitrogen and oxygen atoms in total. The van der Waals surface area contributed by atoms with E-state index in [1.54, 1.807) is 0 Å². The first kappa shape index (κ1) is 34.8. The average molecular weight is 535 g/mol. The average Bonchev–Trinajstić information content (AvgIpc) is 2.75. The Bertz CT molecular complexity index is 876. The lowest BCUT2D eigenvalue weighted by molar-refractivity contribution is -0.131. The van der Waals surface area contributed by atoms with Gasteiger partial charge in [-0.2, -0.15) is 0 Å². The van der Waals surface area contributed by atoms with Gasteiger partial charge >= 0.3 is 12.1 Å². The number of hydrogen-bond acceptors (Lipinski definition) is 6. The molecule has 0 saturated carbocycles. The molecule has 0 heterocycles. The van der Waals surface area contributed by atoms with Gasteiger partial charge in [-0.15, -0.1) is 0 Å². The van der Waals surface area contributed by atoms with E-state index >= 15 is 0 Å². The molecule has 0 aliphatic rings. The molecule has 0 bridgehead atoms. The van der Waals surface area contributed by atoms with E-state index in [1.807, 2.05) is 32.1 Å². The first-order valence-corrected chi connectivity index (χ1v) is 13.1. The maximum Gasteiger partial charge on any atom is 0.404 e. The van der Waals surface area contributed by atoms with E-state index in [-0.39, 0.29) is 31.1 Å². The number of ketones is 1. The number of rotatable bonds is 20. The molecule has 0 aromatic heterocycles. The van der Waals surface area contributed by atoms with Gasteiger partial charge in [0.05, 0.1) is 12.5 Å². The van der Waals surface area contributed by atoms with Gasteiger partial charge < -0.3 is 26.0 Å². The second-order valence-corrected chi connectivity index (χ2v) is 10.2. The van der Waals surface area contributed by atoms with Gasteiger partial charge in [0, 0.05) is 25.5 Å². The van der Waals surface area contributed by atoms with Gasteiger partial charge in [-0.05, 0) is 57.8 Å². The van der Waals surface area contributed by atoms with Crippen molar-refractivity contribution in [3.63, 3.8) is 0 Å². The summed E-state index contributed by atoms with van der Waals surface area (Å²) >= 11 is 0. The smallest absolute Gasteiger partial charge is 0.404 e. The van der Waals surface area contributed by atoms with Crippen LogP contribution in [-0.4, -0.2) is 52.7 Å². The summed E-state index contributed by atoms with van der Waals surface area (Å²) in [7, 11) is 0. The number of allylic oxidation sites excluding steroid dienone is 6. The van der Waals surface area contributed by atoms with Crippen molar-refractivity contribution in [2.75, 3.05) is 6.54 Å². The second kappa shape index (κ2) is 19.9. The van der Waals surface area contributed by atoms with E-state index < -0.39 is 30.2 Å². The Balaban J connectivity index is 4.10. The van der Waals surface area contributed by atoms with Crippen molar-refractivity contribution in [1.29, 1.82) is 0 Å². The summed E-state index contributed by atoms with van der Waals surface area (Å²) in [5.74, 6) is -0.914. The first-order chi connectivity index (χ1) is 17.8. The molecule has 4 atom stereocenters. The normalized spacial score (nSPS) is 15.1. The first-order valence-electron chi connectivity index (χ1n) is 13.1. The van der Waals surface area contributed by atoms with E-state index in [1.165, 1.54) is 13.0 Å². The van der Waals surface area contributed by atoms with Gasteiger partial charge in [0.15, 0.2) is 0 Å². The summed E-state index contributed by atoms with van der Waals surface area (Å²) in [5, 5.41) is 21.3. The molecule has 0 aliphatic heterocycles. The van der Waals surface area contributed by atoms with Gasteiger partial charge in [-0.1, -0.05) is 55.9 Å². The van der Waals surface area contributed by atoms with Crippen LogP contribution in [0.2, 0.25) is 0 Å². The maximum absolute atomic E-state index is 12.2. The topological polar surface area (TPSA) is 156 Å². The molecule has 5 N–H and O–H groups in total. The highest BCUT2D eigenvalue weighted by molar-refractivity contribution is 5.80. The Labute approximate surface area is 226 Å². The van der Waals surface area contributed by atoms with Gasteiger partial charge in [-0.3, -0.25) is 9.59 Å². The zero-order chi connectivity index (χ0) is 29.1. The minimum atomic E-state index is -0.979. The Morgan fingerprint density at radius 3 is 2.26 bits per heavy atom. The standard InChI is InChI=1S/C29H46N2O7/c1-20(13-22(3)14-23(4)16-28(35)36)11-9-7-6-8-10-12-21(2)15-25(32)18-26(33)19-31-27(34)17-24(5)38-29(30)37/h6-8,10,16,21-22,24,26,33H,1,9,11-15,17-19H2,2-5H3,(H2,30,37)(H,31,34)(H,35,36)/b7-6-,10-8+,23-16+. The number of carbonyl (C=O) groups is 4. The highest BCUT2D eigenvalue weighted by Gasteiger charge is 2.16. The lowest BCUT2D eigenvalue weighted by atomic mass is 9.93. The summed E-state index contributed by atoms with van der Waals surface area (Å²) in [6.07, 6.45) is 11.0. The van der Waals surface area contributed by atoms with Crippen molar-refractivity contribution in [2.45, 2.75) is 91.3 Å². The predicted octanol–water partition coefficient (Wildman–Crippen LogP) is 4.61. The predicted molar refractivity (Wildman–Crippen MR) is 148 cm³/mol. The van der Waals surface area contributed by atoms with Gasteiger partial charge in [0.1, 0.15) is 11.9 Å². The fourth-order valence-corrected chi connectivity index (χ4v) is 4.03. The third kappa shape index (κ3) is 20.9. The monoisotopic (exact) mass is 534 g/mol. The van der Waals surface area contributed by atoms with Crippen molar-refractivity contribution in [3.05, 3.63) is 48.1 Å². The molecule has 38 heavy (non-hydrogen) atoms. The lowest BCUT2D eigenvalue weighted by Gasteiger charge is -2.14. The minimum Gasteiger partial charge on any atom is -0.478 e. The quantitative estimate of drug-likeness (QED) is 0.101. The second-order valence-electron chi connectivity index (χ2n) is 10.2. The molecule has 2 amide bonds. The summed E-state index contributed by atoms with van der Waals surface area (Å²) in [4.78, 5) is 45.4.